The fraction of sp³-hybridized carbons (Fsp3) is 0.804. The minimum absolute atomic E-state index is 0.147. The number of carboxylic acids is 7. The Balaban J connectivity index is -0.000000656. The number of ether oxygens (including phenoxy) is 1. The third-order valence-electron chi connectivity index (χ3n) is 19.8. The maximum Gasteiger partial charge on any atom is 0.303 e. The van der Waals surface area contributed by atoms with Crippen molar-refractivity contribution in [2.75, 3.05) is 39.8 Å². The van der Waals surface area contributed by atoms with Gasteiger partial charge < -0.3 is 50.4 Å². The summed E-state index contributed by atoms with van der Waals surface area (Å²) in [5.74, 6) is -3.93. The van der Waals surface area contributed by atoms with Crippen molar-refractivity contribution in [3.8, 4) is 17.1 Å². The van der Waals surface area contributed by atoms with E-state index in [2.05, 4.69) is 63.4 Å². The van der Waals surface area contributed by atoms with E-state index in [-0.39, 0.29) is 16.3 Å². The van der Waals surface area contributed by atoms with Crippen molar-refractivity contribution < 1.29 is 82.5 Å². The average molecular weight is 1680 g/mol. The normalized spacial score (nSPS) is 11.7. The molecule has 3 aromatic rings. The number of benzene rings is 1. The number of nitrogens with one attached hydrogen (secondary N) is 1. The van der Waals surface area contributed by atoms with E-state index in [1.807, 2.05) is 20.9 Å². The average Bonchev–Trinajstić information content (AvgIpc) is 1.61. The van der Waals surface area contributed by atoms with E-state index < -0.39 is 51.8 Å². The summed E-state index contributed by atoms with van der Waals surface area (Å²) >= 11 is 0. The molecule has 4 rings (SSSR count). The molecule has 1 aliphatic rings. The third-order valence-corrected chi connectivity index (χ3v) is 21.7. The molecule has 24 nitrogen and oxygen atoms in total. The number of H-pyrrole nitrogens is 1. The molecule has 25 heteroatoms. The maximum absolute atomic E-state index is 13.3. The Morgan fingerprint density at radius 3 is 0.872 bits per heavy atom. The lowest BCUT2D eigenvalue weighted by Crippen LogP contribution is -2.47. The Morgan fingerprint density at radius 2 is 0.632 bits per heavy atom. The molecule has 0 spiro atoms. The van der Waals surface area contributed by atoms with Crippen LogP contribution in [0.5, 0.6) is 5.75 Å². The number of piperazine rings is 1. The first-order chi connectivity index (χ1) is 56.1. The Kier molecular flexibility index (Phi) is 84.4. The first kappa shape index (κ1) is 117. The highest BCUT2D eigenvalue weighted by Gasteiger charge is 2.29. The number of unbranched alkanes of at least 4 members (excludes halogenated alkanes) is 42. The van der Waals surface area contributed by atoms with Gasteiger partial charge in [-0.1, -0.05) is 331 Å². The van der Waals surface area contributed by atoms with Crippen LogP contribution in [0.1, 0.15) is 434 Å². The largest absolute Gasteiger partial charge is 0.493 e. The highest BCUT2D eigenvalue weighted by Crippen LogP contribution is 2.33. The van der Waals surface area contributed by atoms with Crippen LogP contribution < -0.4 is 10.3 Å². The van der Waals surface area contributed by atoms with Crippen LogP contribution in [-0.2, 0) is 57.1 Å². The summed E-state index contributed by atoms with van der Waals surface area (Å²) in [6.07, 6.45) is 62.0. The Labute approximate surface area is 708 Å². The van der Waals surface area contributed by atoms with Crippen LogP contribution in [0.15, 0.2) is 27.9 Å². The number of likely N-dealkylation sites (N-methyl/N-ethyl adjacent to an activating group) is 1. The van der Waals surface area contributed by atoms with Crippen molar-refractivity contribution in [3.63, 3.8) is 0 Å². The van der Waals surface area contributed by atoms with Gasteiger partial charge in [0.05, 0.1) is 22.8 Å². The number of hydrogen-bond acceptors (Lipinski definition) is 14. The molecule has 0 unspecified atom stereocenters. The molecule has 682 valence electrons. The number of aryl methyl sites for hydroxylation is 2. The smallest absolute Gasteiger partial charge is 0.303 e. The molecule has 0 saturated carbocycles. The van der Waals surface area contributed by atoms with Gasteiger partial charge in [-0.15, -0.1) is 0 Å². The molecule has 0 atom stereocenters. The summed E-state index contributed by atoms with van der Waals surface area (Å²) < 4.78 is 35.4. The van der Waals surface area contributed by atoms with Gasteiger partial charge in [-0.2, -0.15) is 9.40 Å². The lowest BCUT2D eigenvalue weighted by atomic mass is 10.1. The molecule has 8 N–H and O–H groups in total. The summed E-state index contributed by atoms with van der Waals surface area (Å²) in [5, 5.41) is 62.9. The third kappa shape index (κ3) is 75.5. The Hall–Kier alpha value is -6.47. The van der Waals surface area contributed by atoms with E-state index in [1.54, 1.807) is 25.2 Å². The van der Waals surface area contributed by atoms with Gasteiger partial charge in [0.1, 0.15) is 17.1 Å². The molecular formula is C92H170N6O18S. The molecule has 1 fully saturated rings. The topological polar surface area (TPSA) is 375 Å². The van der Waals surface area contributed by atoms with Crippen molar-refractivity contribution in [1.29, 1.82) is 0 Å². The molecule has 0 aliphatic carbocycles. The van der Waals surface area contributed by atoms with Crippen LogP contribution in [0.3, 0.4) is 0 Å². The van der Waals surface area contributed by atoms with Crippen LogP contribution in [0.25, 0.3) is 22.4 Å². The number of aromatic nitrogens is 4. The zero-order valence-corrected chi connectivity index (χ0v) is 76.4. The first-order valence-corrected chi connectivity index (χ1v) is 47.5. The number of aromatic amines is 1. The van der Waals surface area contributed by atoms with E-state index in [0.29, 0.717) is 106 Å². The maximum atomic E-state index is 13.3. The number of fused-ring (bicyclic) bond motifs is 1. The standard InChI is InChI=1S/C22H30N6O4S.7C10H20O2/c1-5-7-17-19-20(27(4)25-17)22(29)24-21(23-19)16-14-15(8-9-18(16)32-6-2)33(30,31)28-12-10-26(3)11-13-28;7*1-2-3-4-5-6-7-8-9-10(11)12/h8-9,14H,5-7,10-13H2,1-4H3,(H,23,24,29);7*2-9H2,1H3,(H,11,12). The van der Waals surface area contributed by atoms with Gasteiger partial charge in [-0.25, -0.2) is 13.4 Å². The minimum Gasteiger partial charge on any atom is -0.493 e. The van der Waals surface area contributed by atoms with Gasteiger partial charge in [0, 0.05) is 78.2 Å². The van der Waals surface area contributed by atoms with Gasteiger partial charge in [0.2, 0.25) is 10.0 Å². The number of rotatable bonds is 63. The highest BCUT2D eigenvalue weighted by molar-refractivity contribution is 7.89. The molecule has 2 aromatic heterocycles. The molecule has 0 amide bonds. The zero-order chi connectivity index (χ0) is 88.4. The van der Waals surface area contributed by atoms with Gasteiger partial charge in [-0.3, -0.25) is 43.0 Å². The van der Waals surface area contributed by atoms with Crippen LogP contribution in [0.2, 0.25) is 0 Å². The molecule has 117 heavy (non-hydrogen) atoms. The summed E-state index contributed by atoms with van der Waals surface area (Å²) in [5.41, 5.74) is 1.75. The van der Waals surface area contributed by atoms with E-state index in [9.17, 15) is 46.8 Å². The van der Waals surface area contributed by atoms with E-state index in [4.69, 9.17) is 45.5 Å². The molecule has 3 heterocycles. The van der Waals surface area contributed by atoms with Crippen molar-refractivity contribution in [1.82, 2.24) is 29.0 Å². The second-order valence-corrected chi connectivity index (χ2v) is 33.0. The number of nitrogens with zero attached hydrogens (tertiary/aromatic N) is 5. The number of sulfonamides is 1. The van der Waals surface area contributed by atoms with E-state index in [0.717, 1.165) is 102 Å². The van der Waals surface area contributed by atoms with Crippen molar-refractivity contribution >= 4 is 62.8 Å². The second-order valence-electron chi connectivity index (χ2n) is 31.1. The van der Waals surface area contributed by atoms with Crippen LogP contribution in [0.4, 0.5) is 0 Å². The molecule has 1 aliphatic heterocycles. The predicted octanol–water partition coefficient (Wildman–Crippen LogP) is 24.1. The van der Waals surface area contributed by atoms with Gasteiger partial charge >= 0.3 is 41.8 Å². The highest BCUT2D eigenvalue weighted by atomic mass is 32.2. The van der Waals surface area contributed by atoms with Gasteiger partial charge in [0.15, 0.2) is 5.52 Å². The quantitative estimate of drug-likeness (QED) is 0.0243. The fourth-order valence-corrected chi connectivity index (χ4v) is 14.2. The molecule has 0 bridgehead atoms. The summed E-state index contributed by atoms with van der Waals surface area (Å²) in [4.78, 5) is 93.6. The number of carbonyl (C=O) groups is 7. The lowest BCUT2D eigenvalue weighted by Gasteiger charge is -2.31. The van der Waals surface area contributed by atoms with E-state index in [1.165, 1.54) is 234 Å². The molecule has 1 saturated heterocycles. The molecular weight excluding hydrogens is 1510 g/mol. The first-order valence-electron chi connectivity index (χ1n) is 46.1. The Morgan fingerprint density at radius 1 is 0.376 bits per heavy atom. The molecule has 0 radical (unpaired) electrons. The van der Waals surface area contributed by atoms with Crippen molar-refractivity contribution in [2.24, 2.45) is 7.05 Å². The number of carboxylic acid groups (broad SMARTS) is 7. The van der Waals surface area contributed by atoms with Gasteiger partial charge in [0.25, 0.3) is 5.56 Å². The minimum atomic E-state index is -3.70. The lowest BCUT2D eigenvalue weighted by molar-refractivity contribution is -0.138. The number of aliphatic carboxylic acids is 7. The van der Waals surface area contributed by atoms with Crippen LogP contribution in [-0.4, -0.2) is 155 Å². The Bertz CT molecular complexity index is 2790. The van der Waals surface area contributed by atoms with Crippen LogP contribution in [0, 0.1) is 0 Å². The predicted molar refractivity (Wildman–Crippen MR) is 478 cm³/mol. The van der Waals surface area contributed by atoms with Gasteiger partial charge in [-0.05, 0) is 83.5 Å². The SMILES string of the molecule is CCCCCCCCCC(=O)O.CCCCCCCCCC(=O)O.CCCCCCCCCC(=O)O.CCCCCCCCCC(=O)O.CCCCCCCCCC(=O)O.CCCCCCCCCC(=O)O.CCCCCCCCCC(=O)O.CCCc1nn(C)c2c(=O)[nH]c(-c3cc(S(=O)(=O)N4CCN(C)CC4)ccc3OCC)nc12. The van der Waals surface area contributed by atoms with E-state index >= 15 is 0 Å². The van der Waals surface area contributed by atoms with Crippen LogP contribution >= 0.6 is 0 Å². The summed E-state index contributed by atoms with van der Waals surface area (Å²) in [6.45, 7) is 21.9. The number of hydrogen-bond donors (Lipinski definition) is 8. The molecule has 1 aromatic carbocycles. The monoisotopic (exact) mass is 1680 g/mol. The zero-order valence-electron chi connectivity index (χ0n) is 75.5. The fourth-order valence-electron chi connectivity index (χ4n) is 12.7. The second kappa shape index (κ2) is 84.5. The van der Waals surface area contributed by atoms with Crippen molar-refractivity contribution in [2.45, 2.75) is 440 Å². The summed E-state index contributed by atoms with van der Waals surface area (Å²) in [7, 11) is -0.00831. The summed E-state index contributed by atoms with van der Waals surface area (Å²) in [6, 6.07) is 4.71. The van der Waals surface area contributed by atoms with Crippen molar-refractivity contribution in [3.05, 3.63) is 34.2 Å².